The molecule has 0 radical (unpaired) electrons. The molecule has 15 nitrogen and oxygen atoms in total. The molecular formula is C26H32O15. The Morgan fingerprint density at radius 3 is 1.80 bits per heavy atom. The van der Waals surface area contributed by atoms with Crippen LogP contribution in [0, 0.1) is 0 Å². The van der Waals surface area contributed by atoms with Crippen LogP contribution >= 0.6 is 0 Å². The maximum absolute atomic E-state index is 13.0. The van der Waals surface area contributed by atoms with E-state index in [9.17, 15) is 50.8 Å². The Balaban J connectivity index is 1.47. The highest BCUT2D eigenvalue weighted by atomic mass is 16.7. The first-order valence-electron chi connectivity index (χ1n) is 12.6. The Labute approximate surface area is 232 Å². The molecule has 0 aromatic heterocycles. The Hall–Kier alpha value is -3.09. The quantitative estimate of drug-likeness (QED) is 0.134. The summed E-state index contributed by atoms with van der Waals surface area (Å²) >= 11 is 0. The highest BCUT2D eigenvalue weighted by Gasteiger charge is 2.46. The van der Waals surface area contributed by atoms with E-state index in [1.165, 1.54) is 24.3 Å². The molecule has 2 aliphatic rings. The van der Waals surface area contributed by atoms with E-state index in [1.807, 2.05) is 0 Å². The first kappa shape index (κ1) is 30.9. The van der Waals surface area contributed by atoms with Crippen molar-refractivity contribution in [1.29, 1.82) is 0 Å². The molecule has 41 heavy (non-hydrogen) atoms. The van der Waals surface area contributed by atoms with Crippen molar-refractivity contribution in [3.05, 3.63) is 53.6 Å². The zero-order valence-corrected chi connectivity index (χ0v) is 21.4. The fourth-order valence-electron chi connectivity index (χ4n) is 4.32. The van der Waals surface area contributed by atoms with Gasteiger partial charge in [0.2, 0.25) is 12.6 Å². The van der Waals surface area contributed by atoms with Crippen molar-refractivity contribution >= 4 is 5.97 Å². The molecule has 2 heterocycles. The van der Waals surface area contributed by atoms with Crippen LogP contribution in [0.3, 0.4) is 0 Å². The first-order valence-corrected chi connectivity index (χ1v) is 12.6. The number of hydrogen-bond acceptors (Lipinski definition) is 15. The summed E-state index contributed by atoms with van der Waals surface area (Å²) in [5.41, 5.74) is -0.0105. The average molecular weight is 585 g/mol. The summed E-state index contributed by atoms with van der Waals surface area (Å²) in [6.45, 7) is -1.75. The van der Waals surface area contributed by atoms with Gasteiger partial charge in [0, 0.05) is 5.56 Å². The van der Waals surface area contributed by atoms with Gasteiger partial charge in [0.1, 0.15) is 78.3 Å². The molecule has 9 N–H and O–H groups in total. The van der Waals surface area contributed by atoms with E-state index in [-0.39, 0.29) is 28.4 Å². The van der Waals surface area contributed by atoms with Crippen LogP contribution in [0.4, 0.5) is 0 Å². The number of esters is 1. The van der Waals surface area contributed by atoms with Gasteiger partial charge >= 0.3 is 5.97 Å². The van der Waals surface area contributed by atoms with Gasteiger partial charge in [-0.1, -0.05) is 18.2 Å². The lowest BCUT2D eigenvalue weighted by Crippen LogP contribution is -2.60. The number of carbonyl (C=O) groups is 1. The number of aromatic hydroxyl groups is 1. The molecular weight excluding hydrogens is 552 g/mol. The Morgan fingerprint density at radius 1 is 0.707 bits per heavy atom. The summed E-state index contributed by atoms with van der Waals surface area (Å²) in [4.78, 5) is 13.0. The van der Waals surface area contributed by atoms with Crippen LogP contribution in [0.25, 0.3) is 0 Å². The van der Waals surface area contributed by atoms with E-state index in [0.717, 1.165) is 6.07 Å². The molecule has 2 aromatic rings. The molecule has 10 atom stereocenters. The van der Waals surface area contributed by atoms with Crippen LogP contribution in [0.2, 0.25) is 0 Å². The van der Waals surface area contributed by atoms with Gasteiger partial charge < -0.3 is 69.6 Å². The molecule has 2 fully saturated rings. The normalized spacial score (nSPS) is 33.7. The number of hydrogen-bond donors (Lipinski definition) is 9. The summed E-state index contributed by atoms with van der Waals surface area (Å²) in [5, 5.41) is 89.3. The highest BCUT2D eigenvalue weighted by molar-refractivity contribution is 5.93. The minimum absolute atomic E-state index is 0.0818. The number of phenolic OH excluding ortho intramolecular Hbond substituents is 1. The van der Waals surface area contributed by atoms with Crippen molar-refractivity contribution in [2.24, 2.45) is 0 Å². The van der Waals surface area contributed by atoms with Crippen LogP contribution in [-0.4, -0.2) is 127 Å². The van der Waals surface area contributed by atoms with Crippen molar-refractivity contribution in [2.75, 3.05) is 13.2 Å². The maximum atomic E-state index is 13.0. The van der Waals surface area contributed by atoms with Crippen molar-refractivity contribution < 1.29 is 74.4 Å². The number of aliphatic hydroxyl groups excluding tert-OH is 8. The third kappa shape index (κ3) is 6.70. The Morgan fingerprint density at radius 2 is 1.24 bits per heavy atom. The van der Waals surface area contributed by atoms with E-state index in [2.05, 4.69) is 0 Å². The van der Waals surface area contributed by atoms with E-state index in [0.29, 0.717) is 0 Å². The van der Waals surface area contributed by atoms with E-state index in [4.69, 9.17) is 23.7 Å². The first-order chi connectivity index (χ1) is 19.5. The van der Waals surface area contributed by atoms with E-state index in [1.54, 1.807) is 12.1 Å². The fraction of sp³-hybridized carbons (Fsp3) is 0.500. The van der Waals surface area contributed by atoms with Gasteiger partial charge in [-0.15, -0.1) is 0 Å². The summed E-state index contributed by atoms with van der Waals surface area (Å²) < 4.78 is 27.3. The lowest BCUT2D eigenvalue weighted by atomic mass is 9.99. The zero-order valence-electron chi connectivity index (χ0n) is 21.4. The molecule has 4 rings (SSSR count). The molecule has 0 bridgehead atoms. The summed E-state index contributed by atoms with van der Waals surface area (Å²) in [6, 6.07) is 9.56. The van der Waals surface area contributed by atoms with Crippen LogP contribution in [0.15, 0.2) is 42.5 Å². The Kier molecular flexibility index (Phi) is 9.98. The van der Waals surface area contributed by atoms with Crippen LogP contribution in [0.1, 0.15) is 15.9 Å². The standard InChI is InChI=1S/C26H32O15/c27-8-16-18(30)20(32)22(34)25(40-16)38-14-4-2-1-3-11(14)10-37-24(36)13-7-12(29)5-6-15(13)39-26-23(35)21(33)19(31)17(9-28)41-26/h1-7,16-23,25-35H,8-10H2/t16-,17-,18-,19-,20+,21+,22-,23-,25-,26-/m1/s1. The number of rotatable bonds is 9. The van der Waals surface area contributed by atoms with Gasteiger partial charge in [0.25, 0.3) is 0 Å². The average Bonchev–Trinajstić information content (AvgIpc) is 2.97. The molecule has 0 amide bonds. The largest absolute Gasteiger partial charge is 0.508 e. The second kappa shape index (κ2) is 13.3. The number of para-hydroxylation sites is 1. The van der Waals surface area contributed by atoms with E-state index >= 15 is 0 Å². The number of phenols is 1. The molecule has 0 spiro atoms. The topological polar surface area (TPSA) is 245 Å². The molecule has 2 saturated heterocycles. The second-order valence-corrected chi connectivity index (χ2v) is 9.49. The number of carbonyl (C=O) groups excluding carboxylic acids is 1. The molecule has 15 heteroatoms. The molecule has 2 aromatic carbocycles. The summed E-state index contributed by atoms with van der Waals surface area (Å²) in [7, 11) is 0. The molecule has 226 valence electrons. The minimum atomic E-state index is -1.75. The summed E-state index contributed by atoms with van der Waals surface area (Å²) in [6.07, 6.45) is -15.5. The van der Waals surface area contributed by atoms with Crippen molar-refractivity contribution in [1.82, 2.24) is 0 Å². The van der Waals surface area contributed by atoms with Gasteiger partial charge in [-0.05, 0) is 24.3 Å². The van der Waals surface area contributed by atoms with Gasteiger partial charge in [0.15, 0.2) is 0 Å². The lowest BCUT2D eigenvalue weighted by Gasteiger charge is -2.39. The van der Waals surface area contributed by atoms with Crippen LogP contribution in [0.5, 0.6) is 17.2 Å². The monoisotopic (exact) mass is 584 g/mol. The fourth-order valence-corrected chi connectivity index (χ4v) is 4.32. The summed E-state index contributed by atoms with van der Waals surface area (Å²) in [5.74, 6) is -1.46. The van der Waals surface area contributed by atoms with Gasteiger partial charge in [0.05, 0.1) is 13.2 Å². The third-order valence-corrected chi connectivity index (χ3v) is 6.70. The van der Waals surface area contributed by atoms with Crippen molar-refractivity contribution in [3.63, 3.8) is 0 Å². The number of benzene rings is 2. The molecule has 2 aliphatic heterocycles. The number of ether oxygens (including phenoxy) is 5. The van der Waals surface area contributed by atoms with Crippen LogP contribution in [-0.2, 0) is 20.8 Å². The smallest absolute Gasteiger partial charge is 0.342 e. The maximum Gasteiger partial charge on any atom is 0.342 e. The van der Waals surface area contributed by atoms with Crippen molar-refractivity contribution in [2.45, 2.75) is 68.0 Å². The predicted molar refractivity (Wildman–Crippen MR) is 132 cm³/mol. The Bertz CT molecular complexity index is 1170. The minimum Gasteiger partial charge on any atom is -0.508 e. The van der Waals surface area contributed by atoms with E-state index < -0.39 is 87.2 Å². The lowest BCUT2D eigenvalue weighted by molar-refractivity contribution is -0.277. The molecule has 0 saturated carbocycles. The highest BCUT2D eigenvalue weighted by Crippen LogP contribution is 2.31. The van der Waals surface area contributed by atoms with Gasteiger partial charge in [-0.25, -0.2) is 4.79 Å². The van der Waals surface area contributed by atoms with Crippen molar-refractivity contribution in [3.8, 4) is 17.2 Å². The predicted octanol–water partition coefficient (Wildman–Crippen LogP) is -2.89. The number of aliphatic hydroxyl groups is 8. The zero-order chi connectivity index (χ0) is 29.8. The van der Waals surface area contributed by atoms with Gasteiger partial charge in [-0.3, -0.25) is 0 Å². The molecule has 0 unspecified atom stereocenters. The van der Waals surface area contributed by atoms with Gasteiger partial charge in [-0.2, -0.15) is 0 Å². The molecule has 0 aliphatic carbocycles. The SMILES string of the molecule is O=C(OCc1ccccc1O[C@@H]1O[C@H](CO)[C@@H](O)[C@H](O)[C@H]1O)c1cc(O)ccc1O[C@@H]1O[C@H](CO)[C@@H](O)[C@H](O)[C@H]1O. The third-order valence-electron chi connectivity index (χ3n) is 6.70. The second-order valence-electron chi connectivity index (χ2n) is 9.49. The van der Waals surface area contributed by atoms with Crippen LogP contribution < -0.4 is 9.47 Å².